The van der Waals surface area contributed by atoms with Gasteiger partial charge in [-0.25, -0.2) is 0 Å². The van der Waals surface area contributed by atoms with E-state index >= 15 is 0 Å². The van der Waals surface area contributed by atoms with Gasteiger partial charge in [-0.3, -0.25) is 5.10 Å². The predicted molar refractivity (Wildman–Crippen MR) is 50.4 cm³/mol. The number of nitrogens with zero attached hydrogens (tertiary/aromatic N) is 1. The van der Waals surface area contributed by atoms with E-state index in [4.69, 9.17) is 0 Å². The molecule has 1 heterocycles. The summed E-state index contributed by atoms with van der Waals surface area (Å²) in [4.78, 5) is 0. The summed E-state index contributed by atoms with van der Waals surface area (Å²) in [7, 11) is 0. The minimum absolute atomic E-state index is 1.05. The van der Waals surface area contributed by atoms with Crippen LogP contribution >= 0.6 is 0 Å². The van der Waals surface area contributed by atoms with E-state index < -0.39 is 0 Å². The van der Waals surface area contributed by atoms with E-state index in [-0.39, 0.29) is 0 Å². The van der Waals surface area contributed by atoms with Crippen LogP contribution in [0.2, 0.25) is 0 Å². The molecule has 12 heavy (non-hydrogen) atoms. The third kappa shape index (κ3) is 2.38. The van der Waals surface area contributed by atoms with Crippen LogP contribution in [0, 0.1) is 20.8 Å². The Hall–Kier alpha value is -1.31. The molecule has 2 nitrogen and oxygen atoms in total. The summed E-state index contributed by atoms with van der Waals surface area (Å²) >= 11 is 0. The van der Waals surface area contributed by atoms with Crippen molar-refractivity contribution in [3.8, 4) is 0 Å². The SMILES string of the molecule is Cc1cccc(C)c(C)cn[nH]1. The quantitative estimate of drug-likeness (QED) is 0.623. The molecule has 0 saturated heterocycles. The molecule has 0 unspecified atom stereocenters. The molecular weight excluding hydrogens is 148 g/mol. The van der Waals surface area contributed by atoms with Crippen molar-refractivity contribution in [2.24, 2.45) is 0 Å². The molecule has 0 aliphatic rings. The first-order chi connectivity index (χ1) is 5.70. The fraction of sp³-hybridized carbons (Fsp3) is 0.300. The van der Waals surface area contributed by atoms with Crippen LogP contribution in [0.1, 0.15) is 16.8 Å². The van der Waals surface area contributed by atoms with Gasteiger partial charge in [0.15, 0.2) is 0 Å². The fourth-order valence-electron chi connectivity index (χ4n) is 0.838. The molecule has 0 aliphatic carbocycles. The molecule has 1 N–H and O–H groups in total. The number of hydrogen-bond acceptors (Lipinski definition) is 1. The lowest BCUT2D eigenvalue weighted by Crippen LogP contribution is -1.78. The van der Waals surface area contributed by atoms with Crippen LogP contribution in [0.5, 0.6) is 0 Å². The minimum atomic E-state index is 1.05. The average molecular weight is 162 g/mol. The van der Waals surface area contributed by atoms with Crippen molar-refractivity contribution in [2.45, 2.75) is 20.8 Å². The van der Waals surface area contributed by atoms with Crippen molar-refractivity contribution in [1.29, 1.82) is 0 Å². The highest BCUT2D eigenvalue weighted by molar-refractivity contribution is 5.18. The van der Waals surface area contributed by atoms with Crippen LogP contribution in [-0.4, -0.2) is 10.2 Å². The van der Waals surface area contributed by atoms with Crippen LogP contribution in [-0.2, 0) is 0 Å². The summed E-state index contributed by atoms with van der Waals surface area (Å²) in [6, 6.07) is 6.10. The first-order valence-corrected chi connectivity index (χ1v) is 4.01. The normalized spacial score (nSPS) is 9.25. The van der Waals surface area contributed by atoms with Crippen LogP contribution < -0.4 is 0 Å². The highest BCUT2D eigenvalue weighted by atomic mass is 15.1. The van der Waals surface area contributed by atoms with Gasteiger partial charge in [-0.05, 0) is 38.0 Å². The number of aromatic nitrogens is 2. The van der Waals surface area contributed by atoms with Crippen LogP contribution in [0.15, 0.2) is 24.4 Å². The summed E-state index contributed by atoms with van der Waals surface area (Å²) in [6.07, 6.45) is 1.84. The standard InChI is InChI=1S/C10H14N2/c1-8-5-4-6-10(3)12-11-7-9(8)2/h4-7,12H,1-3H3. The molecular formula is C10H14N2. The molecule has 2 heteroatoms. The zero-order valence-electron chi connectivity index (χ0n) is 7.76. The number of H-pyrrole nitrogens is 1. The first-order valence-electron chi connectivity index (χ1n) is 4.01. The van der Waals surface area contributed by atoms with E-state index in [0.717, 1.165) is 5.69 Å². The van der Waals surface area contributed by atoms with E-state index in [1.807, 2.05) is 32.2 Å². The van der Waals surface area contributed by atoms with Crippen molar-refractivity contribution in [3.63, 3.8) is 0 Å². The lowest BCUT2D eigenvalue weighted by molar-refractivity contribution is 0.991. The molecule has 0 aromatic carbocycles. The molecule has 0 spiro atoms. The molecule has 0 radical (unpaired) electrons. The smallest absolute Gasteiger partial charge is 0.0504 e. The summed E-state index contributed by atoms with van der Waals surface area (Å²) in [5.74, 6) is 0. The number of rotatable bonds is 0. The van der Waals surface area contributed by atoms with Crippen LogP contribution in [0.25, 0.3) is 0 Å². The van der Waals surface area contributed by atoms with Gasteiger partial charge in [0.05, 0.1) is 6.20 Å². The minimum Gasteiger partial charge on any atom is -0.283 e. The molecule has 1 aromatic rings. The topological polar surface area (TPSA) is 28.7 Å². The highest BCUT2D eigenvalue weighted by Gasteiger charge is 1.84. The van der Waals surface area contributed by atoms with E-state index in [2.05, 4.69) is 23.2 Å². The van der Waals surface area contributed by atoms with Crippen molar-refractivity contribution in [1.82, 2.24) is 10.2 Å². The van der Waals surface area contributed by atoms with Crippen molar-refractivity contribution < 1.29 is 0 Å². The second-order valence-electron chi connectivity index (χ2n) is 2.94. The van der Waals surface area contributed by atoms with Gasteiger partial charge in [0, 0.05) is 5.69 Å². The largest absolute Gasteiger partial charge is 0.283 e. The third-order valence-corrected chi connectivity index (χ3v) is 1.81. The van der Waals surface area contributed by atoms with E-state index in [0.29, 0.717) is 0 Å². The summed E-state index contributed by atoms with van der Waals surface area (Å²) in [5.41, 5.74) is 3.47. The van der Waals surface area contributed by atoms with Crippen molar-refractivity contribution in [3.05, 3.63) is 41.2 Å². The summed E-state index contributed by atoms with van der Waals surface area (Å²) in [5, 5.41) is 6.98. The van der Waals surface area contributed by atoms with Crippen molar-refractivity contribution >= 4 is 0 Å². The Kier molecular flexibility index (Phi) is 2.86. The van der Waals surface area contributed by atoms with Crippen molar-refractivity contribution in [2.75, 3.05) is 0 Å². The Morgan fingerprint density at radius 2 is 1.83 bits per heavy atom. The van der Waals surface area contributed by atoms with Gasteiger partial charge in [0.2, 0.25) is 0 Å². The zero-order chi connectivity index (χ0) is 8.97. The molecule has 0 fully saturated rings. The average Bonchev–Trinajstić information content (AvgIpc) is 2.08. The molecule has 0 saturated carbocycles. The highest BCUT2D eigenvalue weighted by Crippen LogP contribution is 1.99. The number of hydrogen-bond donors (Lipinski definition) is 1. The predicted octanol–water partition coefficient (Wildman–Crippen LogP) is 2.46. The van der Waals surface area contributed by atoms with E-state index in [1.54, 1.807) is 0 Å². The third-order valence-electron chi connectivity index (χ3n) is 1.81. The lowest BCUT2D eigenvalue weighted by Gasteiger charge is -1.88. The van der Waals surface area contributed by atoms with Gasteiger partial charge in [0.1, 0.15) is 0 Å². The maximum Gasteiger partial charge on any atom is 0.0504 e. The second kappa shape index (κ2) is 3.90. The fourth-order valence-corrected chi connectivity index (χ4v) is 0.838. The molecule has 0 bridgehead atoms. The van der Waals surface area contributed by atoms with Crippen LogP contribution in [0.4, 0.5) is 0 Å². The number of aryl methyl sites for hydroxylation is 3. The Bertz CT molecular complexity index is 282. The lowest BCUT2D eigenvalue weighted by atomic mass is 10.2. The molecule has 0 amide bonds. The summed E-state index contributed by atoms with van der Waals surface area (Å²) in [6.45, 7) is 6.11. The summed E-state index contributed by atoms with van der Waals surface area (Å²) < 4.78 is 0. The molecule has 1 aromatic heterocycles. The Morgan fingerprint density at radius 3 is 2.58 bits per heavy atom. The maximum absolute atomic E-state index is 4.06. The number of nitrogens with one attached hydrogen (secondary N) is 1. The van der Waals surface area contributed by atoms with E-state index in [9.17, 15) is 0 Å². The van der Waals surface area contributed by atoms with Gasteiger partial charge in [-0.2, -0.15) is 5.10 Å². The molecule has 1 rings (SSSR count). The first kappa shape index (κ1) is 8.78. The monoisotopic (exact) mass is 162 g/mol. The molecule has 64 valence electrons. The van der Waals surface area contributed by atoms with Gasteiger partial charge in [-0.1, -0.05) is 12.1 Å². The molecule has 0 atom stereocenters. The molecule has 0 aliphatic heterocycles. The second-order valence-corrected chi connectivity index (χ2v) is 2.94. The van der Waals surface area contributed by atoms with Gasteiger partial charge >= 0.3 is 0 Å². The Labute approximate surface area is 73.0 Å². The van der Waals surface area contributed by atoms with E-state index in [1.165, 1.54) is 11.1 Å². The Balaban J connectivity index is 3.33. The van der Waals surface area contributed by atoms with Gasteiger partial charge in [0.25, 0.3) is 0 Å². The van der Waals surface area contributed by atoms with Crippen LogP contribution in [0.3, 0.4) is 0 Å². The number of aromatic amines is 1. The van der Waals surface area contributed by atoms with Gasteiger partial charge in [-0.15, -0.1) is 0 Å². The zero-order valence-corrected chi connectivity index (χ0v) is 7.76. The maximum atomic E-state index is 4.06. The van der Waals surface area contributed by atoms with Gasteiger partial charge < -0.3 is 0 Å². The Morgan fingerprint density at radius 1 is 1.08 bits per heavy atom.